The fourth-order valence-electron chi connectivity index (χ4n) is 3.07. The number of nitrogens with zero attached hydrogens (tertiary/aromatic N) is 4. The Labute approximate surface area is 166 Å². The predicted octanol–water partition coefficient (Wildman–Crippen LogP) is 2.97. The largest absolute Gasteiger partial charge is 0.481 e. The summed E-state index contributed by atoms with van der Waals surface area (Å²) in [6.45, 7) is 0.430. The van der Waals surface area contributed by atoms with Crippen LogP contribution in [-0.4, -0.2) is 30.8 Å². The maximum absolute atomic E-state index is 11.8. The van der Waals surface area contributed by atoms with E-state index in [0.29, 0.717) is 23.8 Å². The SMILES string of the molecule is Nc1ccc(CC(C(=O)O)c2cn(Cc3cc(-c4ccccc4)on3)cn2)cn1. The first kappa shape index (κ1) is 18.4. The van der Waals surface area contributed by atoms with E-state index in [2.05, 4.69) is 15.1 Å². The van der Waals surface area contributed by atoms with Gasteiger partial charge in [0.2, 0.25) is 0 Å². The summed E-state index contributed by atoms with van der Waals surface area (Å²) in [6, 6.07) is 15.0. The Kier molecular flexibility index (Phi) is 5.07. The molecule has 0 aliphatic carbocycles. The third-order valence-electron chi connectivity index (χ3n) is 4.56. The molecule has 3 N–H and O–H groups in total. The number of hydrogen-bond acceptors (Lipinski definition) is 6. The van der Waals surface area contributed by atoms with E-state index in [1.165, 1.54) is 0 Å². The molecule has 1 aromatic carbocycles. The zero-order valence-corrected chi connectivity index (χ0v) is 15.5. The van der Waals surface area contributed by atoms with Crippen molar-refractivity contribution < 1.29 is 14.4 Å². The number of rotatable bonds is 7. The van der Waals surface area contributed by atoms with Crippen LogP contribution in [0, 0.1) is 0 Å². The number of benzene rings is 1. The molecular weight excluding hydrogens is 370 g/mol. The number of carboxylic acids is 1. The molecule has 0 aliphatic heterocycles. The molecule has 29 heavy (non-hydrogen) atoms. The second-order valence-electron chi connectivity index (χ2n) is 6.71. The highest BCUT2D eigenvalue weighted by Crippen LogP contribution is 2.22. The quantitative estimate of drug-likeness (QED) is 0.498. The standard InChI is InChI=1S/C21H19N5O3/c22-20-7-6-14(10-23-20)8-17(21(27)28)18-12-26(13-24-18)11-16-9-19(29-25-16)15-4-2-1-3-5-15/h1-7,9-10,12-13,17H,8,11H2,(H2,22,23)(H,27,28). The Bertz CT molecular complexity index is 1100. The molecule has 3 aromatic heterocycles. The highest BCUT2D eigenvalue weighted by atomic mass is 16.5. The molecule has 4 aromatic rings. The van der Waals surface area contributed by atoms with Gasteiger partial charge < -0.3 is 19.9 Å². The van der Waals surface area contributed by atoms with E-state index in [-0.39, 0.29) is 6.42 Å². The van der Waals surface area contributed by atoms with E-state index in [0.717, 1.165) is 16.8 Å². The molecule has 0 radical (unpaired) electrons. The summed E-state index contributed by atoms with van der Waals surface area (Å²) >= 11 is 0. The minimum Gasteiger partial charge on any atom is -0.481 e. The van der Waals surface area contributed by atoms with Gasteiger partial charge in [-0.15, -0.1) is 0 Å². The van der Waals surface area contributed by atoms with Crippen molar-refractivity contribution in [3.8, 4) is 11.3 Å². The Morgan fingerprint density at radius 2 is 2.00 bits per heavy atom. The lowest BCUT2D eigenvalue weighted by atomic mass is 9.98. The van der Waals surface area contributed by atoms with Gasteiger partial charge in [-0.1, -0.05) is 41.6 Å². The maximum Gasteiger partial charge on any atom is 0.312 e. The van der Waals surface area contributed by atoms with Crippen molar-refractivity contribution in [2.75, 3.05) is 5.73 Å². The van der Waals surface area contributed by atoms with Gasteiger partial charge in [-0.25, -0.2) is 9.97 Å². The molecule has 8 heteroatoms. The van der Waals surface area contributed by atoms with Crippen molar-refractivity contribution in [2.24, 2.45) is 0 Å². The number of carboxylic acid groups (broad SMARTS) is 1. The van der Waals surface area contributed by atoms with Gasteiger partial charge in [0.15, 0.2) is 5.76 Å². The summed E-state index contributed by atoms with van der Waals surface area (Å²) in [5.41, 5.74) is 8.51. The van der Waals surface area contributed by atoms with E-state index in [1.54, 1.807) is 35.4 Å². The average Bonchev–Trinajstić information content (AvgIpc) is 3.38. The van der Waals surface area contributed by atoms with Crippen LogP contribution in [0.1, 0.15) is 22.9 Å². The Morgan fingerprint density at radius 1 is 1.17 bits per heavy atom. The second kappa shape index (κ2) is 7.97. The van der Waals surface area contributed by atoms with Gasteiger partial charge >= 0.3 is 5.97 Å². The van der Waals surface area contributed by atoms with Crippen molar-refractivity contribution in [1.29, 1.82) is 0 Å². The number of pyridine rings is 1. The van der Waals surface area contributed by atoms with E-state index in [9.17, 15) is 9.90 Å². The number of aromatic nitrogens is 4. The molecule has 3 heterocycles. The highest BCUT2D eigenvalue weighted by Gasteiger charge is 2.23. The van der Waals surface area contributed by atoms with Crippen LogP contribution >= 0.6 is 0 Å². The average molecular weight is 389 g/mol. The molecular formula is C21H19N5O3. The van der Waals surface area contributed by atoms with Gasteiger partial charge in [-0.05, 0) is 18.1 Å². The van der Waals surface area contributed by atoms with E-state index in [1.807, 2.05) is 36.4 Å². The number of hydrogen-bond donors (Lipinski definition) is 2. The zero-order valence-electron chi connectivity index (χ0n) is 15.5. The molecule has 8 nitrogen and oxygen atoms in total. The van der Waals surface area contributed by atoms with Crippen LogP contribution in [0.3, 0.4) is 0 Å². The van der Waals surface area contributed by atoms with E-state index >= 15 is 0 Å². The van der Waals surface area contributed by atoms with Crippen LogP contribution in [0.2, 0.25) is 0 Å². The van der Waals surface area contributed by atoms with Crippen molar-refractivity contribution in [2.45, 2.75) is 18.9 Å². The molecule has 0 spiro atoms. The van der Waals surface area contributed by atoms with Crippen LogP contribution in [0.5, 0.6) is 0 Å². The smallest absolute Gasteiger partial charge is 0.312 e. The van der Waals surface area contributed by atoms with Crippen LogP contribution in [-0.2, 0) is 17.8 Å². The lowest BCUT2D eigenvalue weighted by Gasteiger charge is -2.09. The fraction of sp³-hybridized carbons (Fsp3) is 0.143. The minimum absolute atomic E-state index is 0.280. The van der Waals surface area contributed by atoms with Crippen molar-refractivity contribution >= 4 is 11.8 Å². The van der Waals surface area contributed by atoms with Crippen LogP contribution < -0.4 is 5.73 Å². The first-order valence-electron chi connectivity index (χ1n) is 9.04. The van der Waals surface area contributed by atoms with Gasteiger partial charge in [0.25, 0.3) is 0 Å². The monoisotopic (exact) mass is 389 g/mol. The summed E-state index contributed by atoms with van der Waals surface area (Å²) in [7, 11) is 0. The van der Waals surface area contributed by atoms with Gasteiger partial charge in [0, 0.05) is 24.0 Å². The normalized spacial score (nSPS) is 12.0. The summed E-state index contributed by atoms with van der Waals surface area (Å²) in [4.78, 5) is 20.1. The summed E-state index contributed by atoms with van der Waals surface area (Å²) < 4.78 is 7.20. The third-order valence-corrected chi connectivity index (χ3v) is 4.56. The van der Waals surface area contributed by atoms with Gasteiger partial charge in [0.1, 0.15) is 17.4 Å². The first-order chi connectivity index (χ1) is 14.1. The number of nitrogen functional groups attached to an aromatic ring is 1. The van der Waals surface area contributed by atoms with Crippen molar-refractivity contribution in [3.63, 3.8) is 0 Å². The third kappa shape index (κ3) is 4.32. The van der Waals surface area contributed by atoms with E-state index < -0.39 is 11.9 Å². The summed E-state index contributed by atoms with van der Waals surface area (Å²) in [6.07, 6.45) is 5.19. The topological polar surface area (TPSA) is 120 Å². The van der Waals surface area contributed by atoms with Crippen LogP contribution in [0.4, 0.5) is 5.82 Å². The number of aliphatic carboxylic acids is 1. The Balaban J connectivity index is 1.49. The second-order valence-corrected chi connectivity index (χ2v) is 6.71. The first-order valence-corrected chi connectivity index (χ1v) is 9.04. The number of imidazole rings is 1. The minimum atomic E-state index is -0.945. The van der Waals surface area contributed by atoms with Crippen LogP contribution in [0.15, 0.2) is 71.8 Å². The molecule has 0 saturated heterocycles. The molecule has 4 rings (SSSR count). The lowest BCUT2D eigenvalue weighted by molar-refractivity contribution is -0.138. The highest BCUT2D eigenvalue weighted by molar-refractivity contribution is 5.75. The Morgan fingerprint density at radius 3 is 2.72 bits per heavy atom. The van der Waals surface area contributed by atoms with E-state index in [4.69, 9.17) is 10.3 Å². The Hall–Kier alpha value is -3.94. The van der Waals surface area contributed by atoms with Gasteiger partial charge in [-0.3, -0.25) is 4.79 Å². The molecule has 1 atom stereocenters. The molecule has 0 saturated carbocycles. The zero-order chi connectivity index (χ0) is 20.2. The molecule has 146 valence electrons. The van der Waals surface area contributed by atoms with Gasteiger partial charge in [0.05, 0.1) is 18.6 Å². The maximum atomic E-state index is 11.8. The summed E-state index contributed by atoms with van der Waals surface area (Å²) in [5, 5.41) is 13.7. The molecule has 0 amide bonds. The number of nitrogens with two attached hydrogens (primary N) is 1. The number of anilines is 1. The van der Waals surface area contributed by atoms with Crippen LogP contribution in [0.25, 0.3) is 11.3 Å². The molecule has 1 unspecified atom stereocenters. The molecule has 0 bridgehead atoms. The van der Waals surface area contributed by atoms with Gasteiger partial charge in [-0.2, -0.15) is 0 Å². The lowest BCUT2D eigenvalue weighted by Crippen LogP contribution is -2.15. The van der Waals surface area contributed by atoms with Crippen molar-refractivity contribution in [1.82, 2.24) is 19.7 Å². The van der Waals surface area contributed by atoms with Crippen molar-refractivity contribution in [3.05, 3.63) is 84.2 Å². The fourth-order valence-corrected chi connectivity index (χ4v) is 3.07. The molecule has 0 fully saturated rings. The summed E-state index contributed by atoms with van der Waals surface area (Å²) in [5.74, 6) is -0.647. The predicted molar refractivity (Wildman–Crippen MR) is 106 cm³/mol. The number of carbonyl (C=O) groups is 1. The molecule has 0 aliphatic rings.